The Labute approximate surface area is 206 Å². The highest BCUT2D eigenvalue weighted by molar-refractivity contribution is 6.10. The Balaban J connectivity index is 1.52. The fourth-order valence-electron chi connectivity index (χ4n) is 4.17. The van der Waals surface area contributed by atoms with E-state index in [0.29, 0.717) is 24.5 Å². The third kappa shape index (κ3) is 5.83. The van der Waals surface area contributed by atoms with Crippen LogP contribution in [0.25, 0.3) is 0 Å². The number of hydrogen-bond donors (Lipinski definition) is 0. The van der Waals surface area contributed by atoms with Crippen LogP contribution in [0.2, 0.25) is 0 Å². The second-order valence-corrected chi connectivity index (χ2v) is 9.62. The molecule has 3 aromatic rings. The van der Waals surface area contributed by atoms with Crippen LogP contribution in [0.4, 0.5) is 5.69 Å². The Morgan fingerprint density at radius 1 is 0.886 bits per heavy atom. The van der Waals surface area contributed by atoms with Gasteiger partial charge in [-0.05, 0) is 74.7 Å². The van der Waals surface area contributed by atoms with Crippen molar-refractivity contribution in [2.75, 3.05) is 12.0 Å². The number of carbonyl (C=O) groups excluding carboxylic acids is 2. The van der Waals surface area contributed by atoms with E-state index in [1.54, 1.807) is 31.4 Å². The molecule has 0 N–H and O–H groups in total. The first kappa shape index (κ1) is 24.3. The van der Waals surface area contributed by atoms with Gasteiger partial charge in [0.05, 0.1) is 13.0 Å². The summed E-state index contributed by atoms with van der Waals surface area (Å²) in [5.74, 6) is 0.366. The molecule has 6 nitrogen and oxygen atoms in total. The van der Waals surface area contributed by atoms with Crippen molar-refractivity contribution in [2.24, 2.45) is 5.92 Å². The monoisotopic (exact) mass is 473 g/mol. The zero-order chi connectivity index (χ0) is 25.0. The molecule has 0 aromatic heterocycles. The first-order chi connectivity index (χ1) is 16.7. The van der Waals surface area contributed by atoms with Crippen molar-refractivity contribution in [3.05, 3.63) is 90.0 Å². The molecule has 1 saturated heterocycles. The number of anilines is 1. The Morgan fingerprint density at radius 2 is 1.57 bits per heavy atom. The number of amides is 1. The fraction of sp³-hybridized carbons (Fsp3) is 0.310. The van der Waals surface area contributed by atoms with Gasteiger partial charge in [-0.25, -0.2) is 4.79 Å². The van der Waals surface area contributed by atoms with Crippen molar-refractivity contribution >= 4 is 17.6 Å². The van der Waals surface area contributed by atoms with Gasteiger partial charge in [-0.15, -0.1) is 0 Å². The molecule has 0 spiro atoms. The van der Waals surface area contributed by atoms with E-state index >= 15 is 0 Å². The summed E-state index contributed by atoms with van der Waals surface area (Å²) in [5.41, 5.74) is 1.99. The molecule has 0 radical (unpaired) electrons. The third-order valence-electron chi connectivity index (χ3n) is 5.82. The summed E-state index contributed by atoms with van der Waals surface area (Å²) in [6.07, 6.45) is 0.415. The molecule has 1 aliphatic rings. The third-order valence-corrected chi connectivity index (χ3v) is 5.82. The van der Waals surface area contributed by atoms with Gasteiger partial charge in [0.25, 0.3) is 0 Å². The van der Waals surface area contributed by atoms with Gasteiger partial charge in [0, 0.05) is 5.69 Å². The highest BCUT2D eigenvalue weighted by atomic mass is 16.6. The topological polar surface area (TPSA) is 65.1 Å². The number of rotatable bonds is 8. The van der Waals surface area contributed by atoms with Crippen LogP contribution in [0.3, 0.4) is 0 Å². The minimum Gasteiger partial charge on any atom is -0.497 e. The molecule has 1 fully saturated rings. The van der Waals surface area contributed by atoms with Crippen LogP contribution in [-0.4, -0.2) is 30.6 Å². The highest BCUT2D eigenvalue weighted by Gasteiger charge is 2.53. The van der Waals surface area contributed by atoms with Crippen molar-refractivity contribution < 1.29 is 23.8 Å². The van der Waals surface area contributed by atoms with Crippen molar-refractivity contribution in [3.8, 4) is 11.5 Å². The molecule has 1 aliphatic heterocycles. The SMILES string of the molecule is COc1ccc(N2C(=O)[C@@H](Cc3cccc(OCc4ccccc4)c3)[C@H]2C(=O)OC(C)(C)C)cc1. The van der Waals surface area contributed by atoms with E-state index in [0.717, 1.165) is 16.9 Å². The molecule has 3 aromatic carbocycles. The summed E-state index contributed by atoms with van der Waals surface area (Å²) in [6, 6.07) is 24.0. The molecule has 0 aliphatic carbocycles. The lowest BCUT2D eigenvalue weighted by molar-refractivity contribution is -0.163. The lowest BCUT2D eigenvalue weighted by Gasteiger charge is -2.46. The maximum Gasteiger partial charge on any atom is 0.330 e. The van der Waals surface area contributed by atoms with E-state index in [1.165, 1.54) is 4.90 Å². The van der Waals surface area contributed by atoms with E-state index in [9.17, 15) is 9.59 Å². The number of benzene rings is 3. The van der Waals surface area contributed by atoms with Gasteiger partial charge in [0.1, 0.15) is 29.7 Å². The van der Waals surface area contributed by atoms with Crippen molar-refractivity contribution in [1.29, 1.82) is 0 Å². The zero-order valence-electron chi connectivity index (χ0n) is 20.6. The largest absolute Gasteiger partial charge is 0.497 e. The predicted molar refractivity (Wildman–Crippen MR) is 135 cm³/mol. The number of hydrogen-bond acceptors (Lipinski definition) is 5. The zero-order valence-corrected chi connectivity index (χ0v) is 20.6. The molecular weight excluding hydrogens is 442 g/mol. The molecule has 4 rings (SSSR count). The minimum absolute atomic E-state index is 0.110. The van der Waals surface area contributed by atoms with Crippen molar-refractivity contribution in [2.45, 2.75) is 45.4 Å². The van der Waals surface area contributed by atoms with Crippen LogP contribution >= 0.6 is 0 Å². The molecule has 1 heterocycles. The molecule has 2 atom stereocenters. The highest BCUT2D eigenvalue weighted by Crippen LogP contribution is 2.37. The van der Waals surface area contributed by atoms with E-state index in [-0.39, 0.29) is 5.91 Å². The summed E-state index contributed by atoms with van der Waals surface area (Å²) in [5, 5.41) is 0. The Kier molecular flexibility index (Phi) is 7.10. The van der Waals surface area contributed by atoms with Gasteiger partial charge < -0.3 is 14.2 Å². The Bertz CT molecular complexity index is 1170. The predicted octanol–water partition coefficient (Wildman–Crippen LogP) is 5.19. The summed E-state index contributed by atoms with van der Waals surface area (Å²) >= 11 is 0. The molecule has 6 heteroatoms. The Hall–Kier alpha value is -3.80. The number of nitrogens with zero attached hydrogens (tertiary/aromatic N) is 1. The van der Waals surface area contributed by atoms with Crippen LogP contribution in [0, 0.1) is 5.92 Å². The summed E-state index contributed by atoms with van der Waals surface area (Å²) in [7, 11) is 1.58. The van der Waals surface area contributed by atoms with Gasteiger partial charge in [0.2, 0.25) is 5.91 Å². The average molecular weight is 474 g/mol. The van der Waals surface area contributed by atoms with Crippen LogP contribution in [0.15, 0.2) is 78.9 Å². The first-order valence-corrected chi connectivity index (χ1v) is 11.7. The number of β-lactam (4-membered cyclic amide) rings is 1. The smallest absolute Gasteiger partial charge is 0.330 e. The quantitative estimate of drug-likeness (QED) is 0.333. The van der Waals surface area contributed by atoms with Gasteiger partial charge in [0.15, 0.2) is 0 Å². The molecule has 1 amide bonds. The van der Waals surface area contributed by atoms with E-state index in [1.807, 2.05) is 75.4 Å². The lowest BCUT2D eigenvalue weighted by atomic mass is 9.81. The minimum atomic E-state index is -0.705. The summed E-state index contributed by atoms with van der Waals surface area (Å²) in [4.78, 5) is 27.9. The van der Waals surface area contributed by atoms with Crippen molar-refractivity contribution in [3.63, 3.8) is 0 Å². The van der Waals surface area contributed by atoms with E-state index in [2.05, 4.69) is 0 Å². The average Bonchev–Trinajstić information content (AvgIpc) is 2.84. The molecular formula is C29H31NO5. The van der Waals surface area contributed by atoms with Crippen LogP contribution in [0.1, 0.15) is 31.9 Å². The van der Waals surface area contributed by atoms with Gasteiger partial charge in [-0.2, -0.15) is 0 Å². The molecule has 0 bridgehead atoms. The summed E-state index contributed by atoms with van der Waals surface area (Å²) < 4.78 is 16.9. The molecule has 35 heavy (non-hydrogen) atoms. The number of methoxy groups -OCH3 is 1. The van der Waals surface area contributed by atoms with E-state index in [4.69, 9.17) is 14.2 Å². The Morgan fingerprint density at radius 3 is 2.23 bits per heavy atom. The van der Waals surface area contributed by atoms with Gasteiger partial charge in [-0.3, -0.25) is 9.69 Å². The first-order valence-electron chi connectivity index (χ1n) is 11.7. The number of esters is 1. The summed E-state index contributed by atoms with van der Waals surface area (Å²) in [6.45, 7) is 5.93. The second kappa shape index (κ2) is 10.2. The fourth-order valence-corrected chi connectivity index (χ4v) is 4.17. The standard InChI is InChI=1S/C29H31NO5/c1-29(2,3)35-28(32)26-25(27(31)30(26)22-13-15-23(33-4)16-14-22)18-21-11-8-12-24(17-21)34-19-20-9-6-5-7-10-20/h5-17,25-26H,18-19H2,1-4H3/t25-,26-/m0/s1. The molecule has 182 valence electrons. The second-order valence-electron chi connectivity index (χ2n) is 9.62. The van der Waals surface area contributed by atoms with Crippen LogP contribution in [0.5, 0.6) is 11.5 Å². The van der Waals surface area contributed by atoms with Crippen LogP contribution in [-0.2, 0) is 27.4 Å². The van der Waals surface area contributed by atoms with Crippen molar-refractivity contribution in [1.82, 2.24) is 0 Å². The van der Waals surface area contributed by atoms with Gasteiger partial charge >= 0.3 is 5.97 Å². The molecule has 0 saturated carbocycles. The van der Waals surface area contributed by atoms with Gasteiger partial charge in [-0.1, -0.05) is 42.5 Å². The normalized spacial score (nSPS) is 17.5. The number of ether oxygens (including phenoxy) is 3. The van der Waals surface area contributed by atoms with E-state index < -0.39 is 23.5 Å². The molecule has 0 unspecified atom stereocenters. The lowest BCUT2D eigenvalue weighted by Crippen LogP contribution is -2.66. The van der Waals surface area contributed by atoms with Crippen LogP contribution < -0.4 is 14.4 Å². The maximum atomic E-state index is 13.3. The number of carbonyl (C=O) groups is 2. The maximum absolute atomic E-state index is 13.3.